The van der Waals surface area contributed by atoms with Crippen LogP contribution in [-0.4, -0.2) is 52.4 Å². The van der Waals surface area contributed by atoms with Crippen molar-refractivity contribution >= 4 is 11.5 Å². The summed E-state index contributed by atoms with van der Waals surface area (Å²) in [5.74, 6) is -0.532. The largest absolute Gasteiger partial charge is 0.354 e. The van der Waals surface area contributed by atoms with E-state index < -0.39 is 11.9 Å². The van der Waals surface area contributed by atoms with Crippen molar-refractivity contribution < 1.29 is 9.18 Å². The molecule has 0 unspecified atom stereocenters. The molecule has 1 aliphatic carbocycles. The Morgan fingerprint density at radius 3 is 2.84 bits per heavy atom. The fourth-order valence-corrected chi connectivity index (χ4v) is 4.48. The average molecular weight is 426 g/mol. The number of amides is 1. The SMILES string of the molecule is CCc1nc2c([nH]c1=O)C[C@@H](CN1CC=C(c3ccc(C(=O)NC)nc3F)CC1)CC2. The van der Waals surface area contributed by atoms with E-state index in [0.29, 0.717) is 23.6 Å². The molecule has 1 aliphatic heterocycles. The van der Waals surface area contributed by atoms with Crippen LogP contribution in [0.2, 0.25) is 0 Å². The summed E-state index contributed by atoms with van der Waals surface area (Å²) in [6.45, 7) is 4.48. The molecule has 0 radical (unpaired) electrons. The maximum absolute atomic E-state index is 14.4. The van der Waals surface area contributed by atoms with Gasteiger partial charge in [0.1, 0.15) is 11.4 Å². The van der Waals surface area contributed by atoms with Gasteiger partial charge in [-0.2, -0.15) is 4.39 Å². The van der Waals surface area contributed by atoms with Gasteiger partial charge in [-0.25, -0.2) is 4.98 Å². The number of rotatable bonds is 5. The molecule has 0 bridgehead atoms. The quantitative estimate of drug-likeness (QED) is 0.716. The number of aryl methyl sites for hydroxylation is 2. The summed E-state index contributed by atoms with van der Waals surface area (Å²) in [4.78, 5) is 37.5. The molecular weight excluding hydrogens is 397 g/mol. The standard InChI is InChI=1S/C23H28FN5O2/c1-3-17-23(31)28-20-12-14(4-6-18(20)26-17)13-29-10-8-15(9-11-29)16-5-7-19(22(30)25-2)27-21(16)24/h5,7-8,14H,3-4,6,9-13H2,1-2H3,(H,25,30)(H,28,31)/t14-/m0/s1. The summed E-state index contributed by atoms with van der Waals surface area (Å²) >= 11 is 0. The van der Waals surface area contributed by atoms with E-state index in [1.54, 1.807) is 12.1 Å². The first kappa shape index (κ1) is 21.4. The van der Waals surface area contributed by atoms with E-state index in [-0.39, 0.29) is 11.3 Å². The number of fused-ring (bicyclic) bond motifs is 1. The van der Waals surface area contributed by atoms with Gasteiger partial charge in [0, 0.05) is 37.9 Å². The number of hydrogen-bond acceptors (Lipinski definition) is 5. The van der Waals surface area contributed by atoms with Crippen LogP contribution in [-0.2, 0) is 19.3 Å². The molecule has 0 aromatic carbocycles. The van der Waals surface area contributed by atoms with Crippen LogP contribution in [0.15, 0.2) is 23.0 Å². The van der Waals surface area contributed by atoms with Crippen molar-refractivity contribution in [2.45, 2.75) is 39.0 Å². The lowest BCUT2D eigenvalue weighted by Crippen LogP contribution is -2.36. The van der Waals surface area contributed by atoms with Gasteiger partial charge in [0.2, 0.25) is 5.95 Å². The first-order valence-electron chi connectivity index (χ1n) is 10.9. The number of carbonyl (C=O) groups excluding carboxylic acids is 1. The molecule has 0 fully saturated rings. The van der Waals surface area contributed by atoms with Crippen LogP contribution in [0.25, 0.3) is 5.57 Å². The smallest absolute Gasteiger partial charge is 0.269 e. The molecule has 0 spiro atoms. The number of nitrogens with zero attached hydrogens (tertiary/aromatic N) is 3. The van der Waals surface area contributed by atoms with Gasteiger partial charge in [-0.05, 0) is 55.7 Å². The number of hydrogen-bond donors (Lipinski definition) is 2. The molecule has 7 nitrogen and oxygen atoms in total. The molecule has 2 N–H and O–H groups in total. The van der Waals surface area contributed by atoms with Crippen molar-refractivity contribution in [3.05, 3.63) is 62.8 Å². The van der Waals surface area contributed by atoms with Crippen molar-refractivity contribution in [2.24, 2.45) is 5.92 Å². The Labute approximate surface area is 180 Å². The van der Waals surface area contributed by atoms with Crippen LogP contribution in [0.5, 0.6) is 0 Å². The van der Waals surface area contributed by atoms with Crippen molar-refractivity contribution in [2.75, 3.05) is 26.7 Å². The molecule has 0 saturated carbocycles. The Bertz CT molecular complexity index is 1080. The van der Waals surface area contributed by atoms with Gasteiger partial charge in [0.05, 0.1) is 5.69 Å². The molecular formula is C23H28FN5O2. The van der Waals surface area contributed by atoms with Gasteiger partial charge < -0.3 is 10.3 Å². The van der Waals surface area contributed by atoms with E-state index >= 15 is 0 Å². The second-order valence-electron chi connectivity index (χ2n) is 8.25. The Kier molecular flexibility index (Phi) is 6.27. The zero-order valence-corrected chi connectivity index (χ0v) is 18.0. The van der Waals surface area contributed by atoms with E-state index in [1.165, 1.54) is 7.05 Å². The molecule has 1 atom stereocenters. The Hall–Kier alpha value is -2.87. The van der Waals surface area contributed by atoms with E-state index in [2.05, 4.69) is 31.2 Å². The monoisotopic (exact) mass is 425 g/mol. The third-order valence-electron chi connectivity index (χ3n) is 6.23. The van der Waals surface area contributed by atoms with Crippen LogP contribution >= 0.6 is 0 Å². The van der Waals surface area contributed by atoms with Crippen LogP contribution in [0.1, 0.15) is 52.9 Å². The third kappa shape index (κ3) is 4.58. The van der Waals surface area contributed by atoms with Crippen molar-refractivity contribution in [1.29, 1.82) is 0 Å². The number of pyridine rings is 1. The highest BCUT2D eigenvalue weighted by atomic mass is 19.1. The predicted molar refractivity (Wildman–Crippen MR) is 116 cm³/mol. The van der Waals surface area contributed by atoms with Gasteiger partial charge in [-0.3, -0.25) is 19.5 Å². The first-order valence-corrected chi connectivity index (χ1v) is 10.9. The molecule has 1 amide bonds. The summed E-state index contributed by atoms with van der Waals surface area (Å²) in [5.41, 5.74) is 4.06. The van der Waals surface area contributed by atoms with Gasteiger partial charge in [0.15, 0.2) is 0 Å². The molecule has 164 valence electrons. The fraction of sp³-hybridized carbons (Fsp3) is 0.478. The fourth-order valence-electron chi connectivity index (χ4n) is 4.48. The third-order valence-corrected chi connectivity index (χ3v) is 6.23. The minimum absolute atomic E-state index is 0.0643. The number of H-pyrrole nitrogens is 1. The first-order chi connectivity index (χ1) is 15.0. The van der Waals surface area contributed by atoms with Crippen molar-refractivity contribution in [3.8, 4) is 0 Å². The number of halogens is 1. The van der Waals surface area contributed by atoms with Crippen molar-refractivity contribution in [3.63, 3.8) is 0 Å². The van der Waals surface area contributed by atoms with E-state index in [1.807, 2.05) is 6.92 Å². The summed E-state index contributed by atoms with van der Waals surface area (Å²) in [7, 11) is 1.50. The highest BCUT2D eigenvalue weighted by Crippen LogP contribution is 2.27. The maximum Gasteiger partial charge on any atom is 0.269 e. The highest BCUT2D eigenvalue weighted by molar-refractivity contribution is 5.92. The Balaban J connectivity index is 1.39. The summed E-state index contributed by atoms with van der Waals surface area (Å²) in [6, 6.07) is 3.20. The lowest BCUT2D eigenvalue weighted by atomic mass is 9.88. The molecule has 31 heavy (non-hydrogen) atoms. The van der Waals surface area contributed by atoms with Crippen LogP contribution in [0, 0.1) is 11.9 Å². The molecule has 3 heterocycles. The lowest BCUT2D eigenvalue weighted by molar-refractivity contribution is 0.0957. The normalized spacial score (nSPS) is 18.9. The van der Waals surface area contributed by atoms with Gasteiger partial charge >= 0.3 is 0 Å². The van der Waals surface area contributed by atoms with Gasteiger partial charge in [-0.1, -0.05) is 13.0 Å². The number of nitrogens with one attached hydrogen (secondary N) is 2. The lowest BCUT2D eigenvalue weighted by Gasteiger charge is -2.32. The average Bonchev–Trinajstić information content (AvgIpc) is 2.78. The molecule has 4 rings (SSSR count). The molecule has 2 aromatic heterocycles. The van der Waals surface area contributed by atoms with E-state index in [0.717, 1.165) is 62.3 Å². The maximum atomic E-state index is 14.4. The van der Waals surface area contributed by atoms with E-state index in [4.69, 9.17) is 0 Å². The Morgan fingerprint density at radius 1 is 1.32 bits per heavy atom. The molecule has 2 aromatic rings. The predicted octanol–water partition coefficient (Wildman–Crippen LogP) is 2.12. The van der Waals surface area contributed by atoms with Crippen LogP contribution < -0.4 is 10.9 Å². The van der Waals surface area contributed by atoms with Gasteiger partial charge in [-0.15, -0.1) is 0 Å². The molecule has 0 saturated heterocycles. The minimum atomic E-state index is -0.604. The number of carbonyl (C=O) groups is 1. The Morgan fingerprint density at radius 2 is 2.16 bits per heavy atom. The van der Waals surface area contributed by atoms with Gasteiger partial charge in [0.25, 0.3) is 11.5 Å². The van der Waals surface area contributed by atoms with Crippen molar-refractivity contribution in [1.82, 2.24) is 25.2 Å². The molecule has 2 aliphatic rings. The highest BCUT2D eigenvalue weighted by Gasteiger charge is 2.25. The molecule has 8 heteroatoms. The number of aromatic nitrogens is 3. The topological polar surface area (TPSA) is 91.0 Å². The zero-order chi connectivity index (χ0) is 22.0. The summed E-state index contributed by atoms with van der Waals surface area (Å²) in [6.07, 6.45) is 6.23. The summed E-state index contributed by atoms with van der Waals surface area (Å²) < 4.78 is 14.4. The van der Waals surface area contributed by atoms with Crippen LogP contribution in [0.3, 0.4) is 0 Å². The zero-order valence-electron chi connectivity index (χ0n) is 18.0. The second-order valence-corrected chi connectivity index (χ2v) is 8.25. The summed E-state index contributed by atoms with van der Waals surface area (Å²) in [5, 5.41) is 2.45. The second kappa shape index (κ2) is 9.09. The van der Waals surface area contributed by atoms with Crippen LogP contribution in [0.4, 0.5) is 4.39 Å². The minimum Gasteiger partial charge on any atom is -0.354 e. The number of aromatic amines is 1. The van der Waals surface area contributed by atoms with E-state index in [9.17, 15) is 14.0 Å².